The van der Waals surface area contributed by atoms with Crippen LogP contribution in [0.25, 0.3) is 0 Å². The quantitative estimate of drug-likeness (QED) is 0.734. The lowest BCUT2D eigenvalue weighted by atomic mass is 10.2. The van der Waals surface area contributed by atoms with Gasteiger partial charge in [-0.1, -0.05) is 6.07 Å². The van der Waals surface area contributed by atoms with Gasteiger partial charge in [0.25, 0.3) is 0 Å². The summed E-state index contributed by atoms with van der Waals surface area (Å²) in [6.45, 7) is 5.44. The van der Waals surface area contributed by atoms with E-state index in [1.807, 2.05) is 0 Å². The molecule has 27 heavy (non-hydrogen) atoms. The van der Waals surface area contributed by atoms with Crippen molar-refractivity contribution in [3.63, 3.8) is 0 Å². The van der Waals surface area contributed by atoms with Gasteiger partial charge in [0.05, 0.1) is 18.5 Å². The standard InChI is InChI=1S/C18H23N5O4/c1-18(2,3)27-17(25)23-15-6-4-5-13(21-15)9-10-26-16(24)22-14-8-7-12(19)11-20-14/h4-8,11H,9-10,19H2,1-3H3,(H,20,22,24)(H,21,23,25). The van der Waals surface area contributed by atoms with E-state index in [1.54, 1.807) is 51.1 Å². The zero-order chi connectivity index (χ0) is 19.9. The minimum Gasteiger partial charge on any atom is -0.449 e. The summed E-state index contributed by atoms with van der Waals surface area (Å²) in [5.74, 6) is 0.702. The molecule has 2 rings (SSSR count). The van der Waals surface area contributed by atoms with Crippen molar-refractivity contribution >= 4 is 29.5 Å². The molecule has 9 heteroatoms. The molecule has 2 heterocycles. The molecule has 0 radical (unpaired) electrons. The van der Waals surface area contributed by atoms with Crippen LogP contribution in [0.5, 0.6) is 0 Å². The first-order valence-electron chi connectivity index (χ1n) is 8.32. The monoisotopic (exact) mass is 373 g/mol. The number of hydrogen-bond acceptors (Lipinski definition) is 7. The van der Waals surface area contributed by atoms with E-state index in [9.17, 15) is 9.59 Å². The number of anilines is 3. The SMILES string of the molecule is CC(C)(C)OC(=O)Nc1cccc(CCOC(=O)Nc2ccc(N)cn2)n1. The molecule has 2 aromatic rings. The number of nitrogens with one attached hydrogen (secondary N) is 2. The highest BCUT2D eigenvalue weighted by Crippen LogP contribution is 2.11. The first-order valence-corrected chi connectivity index (χ1v) is 8.32. The maximum Gasteiger partial charge on any atom is 0.413 e. The van der Waals surface area contributed by atoms with Crippen LogP contribution in [0.4, 0.5) is 26.9 Å². The van der Waals surface area contributed by atoms with Crippen LogP contribution >= 0.6 is 0 Å². The maximum absolute atomic E-state index is 11.8. The Hall–Kier alpha value is -3.36. The van der Waals surface area contributed by atoms with Gasteiger partial charge in [-0.2, -0.15) is 0 Å². The number of carbonyl (C=O) groups excluding carboxylic acids is 2. The predicted octanol–water partition coefficient (Wildman–Crippen LogP) is 3.20. The van der Waals surface area contributed by atoms with Gasteiger partial charge in [-0.05, 0) is 45.0 Å². The minimum absolute atomic E-state index is 0.115. The van der Waals surface area contributed by atoms with E-state index in [-0.39, 0.29) is 6.61 Å². The van der Waals surface area contributed by atoms with Crippen molar-refractivity contribution in [2.75, 3.05) is 23.0 Å². The predicted molar refractivity (Wildman–Crippen MR) is 101 cm³/mol. The number of ether oxygens (including phenoxy) is 2. The molecule has 0 unspecified atom stereocenters. The largest absolute Gasteiger partial charge is 0.449 e. The van der Waals surface area contributed by atoms with Crippen molar-refractivity contribution in [3.8, 4) is 0 Å². The molecule has 0 saturated carbocycles. The molecule has 0 bridgehead atoms. The number of amides is 2. The Morgan fingerprint density at radius 1 is 1.07 bits per heavy atom. The van der Waals surface area contributed by atoms with E-state index in [0.717, 1.165) is 0 Å². The zero-order valence-corrected chi connectivity index (χ0v) is 15.5. The third-order valence-electron chi connectivity index (χ3n) is 3.04. The van der Waals surface area contributed by atoms with Gasteiger partial charge in [0.1, 0.15) is 17.2 Å². The van der Waals surface area contributed by atoms with Crippen LogP contribution < -0.4 is 16.4 Å². The fourth-order valence-corrected chi connectivity index (χ4v) is 1.96. The molecule has 0 aliphatic heterocycles. The molecule has 0 fully saturated rings. The van der Waals surface area contributed by atoms with E-state index >= 15 is 0 Å². The zero-order valence-electron chi connectivity index (χ0n) is 15.5. The molecule has 9 nitrogen and oxygen atoms in total. The van der Waals surface area contributed by atoms with E-state index in [4.69, 9.17) is 15.2 Å². The molecule has 0 spiro atoms. The lowest BCUT2D eigenvalue weighted by molar-refractivity contribution is 0.0635. The van der Waals surface area contributed by atoms with Crippen LogP contribution in [0.3, 0.4) is 0 Å². The molecular weight excluding hydrogens is 350 g/mol. The minimum atomic E-state index is -0.629. The van der Waals surface area contributed by atoms with Crippen LogP contribution in [0, 0.1) is 0 Å². The van der Waals surface area contributed by atoms with E-state index in [1.165, 1.54) is 6.20 Å². The molecule has 0 aromatic carbocycles. The van der Waals surface area contributed by atoms with Crippen molar-refractivity contribution in [1.82, 2.24) is 9.97 Å². The van der Waals surface area contributed by atoms with Crippen LogP contribution in [0.1, 0.15) is 26.5 Å². The molecule has 2 aromatic heterocycles. The Morgan fingerprint density at radius 3 is 2.48 bits per heavy atom. The third-order valence-corrected chi connectivity index (χ3v) is 3.04. The number of nitrogens with zero attached hydrogens (tertiary/aromatic N) is 2. The average Bonchev–Trinajstić information content (AvgIpc) is 2.55. The first-order chi connectivity index (χ1) is 12.7. The van der Waals surface area contributed by atoms with Crippen molar-refractivity contribution < 1.29 is 19.1 Å². The second kappa shape index (κ2) is 8.84. The Kier molecular flexibility index (Phi) is 6.53. The van der Waals surface area contributed by atoms with Gasteiger partial charge < -0.3 is 15.2 Å². The molecule has 0 aliphatic carbocycles. The number of aromatic nitrogens is 2. The topological polar surface area (TPSA) is 128 Å². The summed E-state index contributed by atoms with van der Waals surface area (Å²) < 4.78 is 10.3. The summed E-state index contributed by atoms with van der Waals surface area (Å²) in [6, 6.07) is 8.35. The smallest absolute Gasteiger partial charge is 0.413 e. The lowest BCUT2D eigenvalue weighted by Gasteiger charge is -2.19. The van der Waals surface area contributed by atoms with Crippen molar-refractivity contribution in [1.29, 1.82) is 0 Å². The molecule has 144 valence electrons. The average molecular weight is 373 g/mol. The Bertz CT molecular complexity index is 787. The maximum atomic E-state index is 11.8. The summed E-state index contributed by atoms with van der Waals surface area (Å²) >= 11 is 0. The normalized spacial score (nSPS) is 10.8. The van der Waals surface area contributed by atoms with Crippen LogP contribution in [0.15, 0.2) is 36.5 Å². The van der Waals surface area contributed by atoms with E-state index in [2.05, 4.69) is 20.6 Å². The molecular formula is C18H23N5O4. The van der Waals surface area contributed by atoms with Crippen molar-refractivity contribution in [3.05, 3.63) is 42.2 Å². The highest BCUT2D eigenvalue weighted by molar-refractivity contribution is 5.84. The third kappa shape index (κ3) is 7.59. The van der Waals surface area contributed by atoms with Crippen molar-refractivity contribution in [2.24, 2.45) is 0 Å². The fourth-order valence-electron chi connectivity index (χ4n) is 1.96. The second-order valence-corrected chi connectivity index (χ2v) is 6.63. The summed E-state index contributed by atoms with van der Waals surface area (Å²) in [4.78, 5) is 31.7. The highest BCUT2D eigenvalue weighted by Gasteiger charge is 2.16. The first kappa shape index (κ1) is 20.0. The van der Waals surface area contributed by atoms with Crippen LogP contribution in [0.2, 0.25) is 0 Å². The molecule has 2 amide bonds. The molecule has 0 saturated heterocycles. The van der Waals surface area contributed by atoms with Crippen LogP contribution in [-0.4, -0.2) is 34.4 Å². The number of nitrogen functional groups attached to an aromatic ring is 1. The number of pyridine rings is 2. The summed E-state index contributed by atoms with van der Waals surface area (Å²) in [7, 11) is 0. The van der Waals surface area contributed by atoms with Gasteiger partial charge in [0.15, 0.2) is 0 Å². The van der Waals surface area contributed by atoms with Crippen molar-refractivity contribution in [2.45, 2.75) is 32.8 Å². The molecule has 4 N–H and O–H groups in total. The summed E-state index contributed by atoms with van der Waals surface area (Å²) in [5, 5.41) is 5.06. The van der Waals surface area contributed by atoms with Crippen LogP contribution in [-0.2, 0) is 15.9 Å². The summed E-state index contributed by atoms with van der Waals surface area (Å²) in [5.41, 5.74) is 6.09. The number of rotatable bonds is 5. The summed E-state index contributed by atoms with van der Waals surface area (Å²) in [6.07, 6.45) is 0.601. The molecule has 0 aliphatic rings. The van der Waals surface area contributed by atoms with E-state index < -0.39 is 17.8 Å². The Morgan fingerprint density at radius 2 is 1.81 bits per heavy atom. The second-order valence-electron chi connectivity index (χ2n) is 6.63. The van der Waals surface area contributed by atoms with Gasteiger partial charge >= 0.3 is 12.2 Å². The lowest BCUT2D eigenvalue weighted by Crippen LogP contribution is -2.27. The number of carbonyl (C=O) groups is 2. The highest BCUT2D eigenvalue weighted by atomic mass is 16.6. The Balaban J connectivity index is 1.79. The van der Waals surface area contributed by atoms with Gasteiger partial charge in [-0.15, -0.1) is 0 Å². The van der Waals surface area contributed by atoms with E-state index in [0.29, 0.717) is 29.4 Å². The van der Waals surface area contributed by atoms with Gasteiger partial charge in [-0.3, -0.25) is 10.6 Å². The Labute approximate surface area is 157 Å². The van der Waals surface area contributed by atoms with Gasteiger partial charge in [-0.25, -0.2) is 19.6 Å². The molecule has 0 atom stereocenters. The number of nitrogens with two attached hydrogens (primary N) is 1. The van der Waals surface area contributed by atoms with Gasteiger partial charge in [0.2, 0.25) is 0 Å². The number of hydrogen-bond donors (Lipinski definition) is 3. The van der Waals surface area contributed by atoms with Gasteiger partial charge in [0, 0.05) is 12.1 Å². The fraction of sp³-hybridized carbons (Fsp3) is 0.333.